The van der Waals surface area contributed by atoms with E-state index in [1.165, 1.54) is 0 Å². The summed E-state index contributed by atoms with van der Waals surface area (Å²) < 4.78 is 0. The monoisotopic (exact) mass is 151 g/mol. The molecule has 1 rings (SSSR count). The maximum Gasteiger partial charge on any atom is 0.219 e. The summed E-state index contributed by atoms with van der Waals surface area (Å²) in [4.78, 5) is 12.7. The molecule has 1 aliphatic rings. The summed E-state index contributed by atoms with van der Waals surface area (Å²) in [6, 6.07) is 0. The van der Waals surface area contributed by atoms with Gasteiger partial charge in [-0.15, -0.1) is 12.3 Å². The zero-order valence-electron chi connectivity index (χ0n) is 7.00. The predicted molar refractivity (Wildman–Crippen MR) is 43.7 cm³/mol. The summed E-state index contributed by atoms with van der Waals surface area (Å²) in [5, 5.41) is 0. The van der Waals surface area contributed by atoms with Crippen LogP contribution in [0.1, 0.15) is 13.8 Å². The summed E-state index contributed by atoms with van der Waals surface area (Å²) >= 11 is 0. The fourth-order valence-electron chi connectivity index (χ4n) is 1.44. The van der Waals surface area contributed by atoms with E-state index in [9.17, 15) is 4.79 Å². The first-order valence-electron chi connectivity index (χ1n) is 3.86. The third kappa shape index (κ3) is 1.54. The smallest absolute Gasteiger partial charge is 0.219 e. The molecule has 60 valence electrons. The molecule has 0 radical (unpaired) electrons. The van der Waals surface area contributed by atoms with Gasteiger partial charge in [0.05, 0.1) is 0 Å². The molecule has 1 heterocycles. The Morgan fingerprint density at radius 1 is 1.64 bits per heavy atom. The van der Waals surface area contributed by atoms with E-state index in [2.05, 4.69) is 12.8 Å². The maximum atomic E-state index is 10.9. The van der Waals surface area contributed by atoms with E-state index in [-0.39, 0.29) is 11.8 Å². The van der Waals surface area contributed by atoms with E-state index in [0.29, 0.717) is 5.92 Å². The van der Waals surface area contributed by atoms with E-state index in [4.69, 9.17) is 6.42 Å². The summed E-state index contributed by atoms with van der Waals surface area (Å²) in [6.07, 6.45) is 5.30. The van der Waals surface area contributed by atoms with Crippen molar-refractivity contribution in [2.45, 2.75) is 13.8 Å². The van der Waals surface area contributed by atoms with E-state index in [1.807, 2.05) is 4.90 Å². The molecular weight excluding hydrogens is 138 g/mol. The van der Waals surface area contributed by atoms with Crippen LogP contribution in [0.25, 0.3) is 0 Å². The van der Waals surface area contributed by atoms with Gasteiger partial charge in [-0.05, 0) is 5.92 Å². The molecule has 2 heteroatoms. The van der Waals surface area contributed by atoms with Gasteiger partial charge in [-0.25, -0.2) is 0 Å². The van der Waals surface area contributed by atoms with Gasteiger partial charge in [-0.1, -0.05) is 6.92 Å². The van der Waals surface area contributed by atoms with Gasteiger partial charge in [0.2, 0.25) is 5.91 Å². The van der Waals surface area contributed by atoms with Gasteiger partial charge in [0.15, 0.2) is 0 Å². The summed E-state index contributed by atoms with van der Waals surface area (Å²) in [5.41, 5.74) is 0. The molecule has 2 unspecified atom stereocenters. The number of terminal acetylenes is 1. The number of hydrogen-bond donors (Lipinski definition) is 0. The van der Waals surface area contributed by atoms with Crippen LogP contribution in [0.2, 0.25) is 0 Å². The van der Waals surface area contributed by atoms with Crippen molar-refractivity contribution < 1.29 is 4.79 Å². The highest BCUT2D eigenvalue weighted by Crippen LogP contribution is 2.21. The van der Waals surface area contributed by atoms with Crippen molar-refractivity contribution >= 4 is 5.91 Å². The molecule has 11 heavy (non-hydrogen) atoms. The summed E-state index contributed by atoms with van der Waals surface area (Å²) in [7, 11) is 0. The average molecular weight is 151 g/mol. The van der Waals surface area contributed by atoms with Gasteiger partial charge in [-0.3, -0.25) is 4.79 Å². The van der Waals surface area contributed by atoms with Crippen LogP contribution in [-0.2, 0) is 4.79 Å². The fraction of sp³-hybridized carbons (Fsp3) is 0.667. The lowest BCUT2D eigenvalue weighted by Crippen LogP contribution is -2.25. The van der Waals surface area contributed by atoms with Crippen molar-refractivity contribution in [2.75, 3.05) is 13.1 Å². The van der Waals surface area contributed by atoms with Crippen molar-refractivity contribution in [2.24, 2.45) is 11.8 Å². The molecule has 1 saturated heterocycles. The highest BCUT2D eigenvalue weighted by molar-refractivity contribution is 5.73. The van der Waals surface area contributed by atoms with Crippen LogP contribution >= 0.6 is 0 Å². The Balaban J connectivity index is 2.58. The van der Waals surface area contributed by atoms with Crippen LogP contribution < -0.4 is 0 Å². The second-order valence-corrected chi connectivity index (χ2v) is 3.17. The summed E-state index contributed by atoms with van der Waals surface area (Å²) in [5.74, 6) is 3.56. The SMILES string of the molecule is C#CC1CN(C(C)=O)CC1C. The number of nitrogens with zero attached hydrogens (tertiary/aromatic N) is 1. The summed E-state index contributed by atoms with van der Waals surface area (Å²) in [6.45, 7) is 5.25. The van der Waals surface area contributed by atoms with E-state index in [1.54, 1.807) is 6.92 Å². The Morgan fingerprint density at radius 2 is 2.27 bits per heavy atom. The Morgan fingerprint density at radius 3 is 2.55 bits per heavy atom. The number of carbonyl (C=O) groups excluding carboxylic acids is 1. The second kappa shape index (κ2) is 2.96. The number of amides is 1. The minimum Gasteiger partial charge on any atom is -0.341 e. The lowest BCUT2D eigenvalue weighted by Gasteiger charge is -2.11. The van der Waals surface area contributed by atoms with Crippen LogP contribution in [-0.4, -0.2) is 23.9 Å². The van der Waals surface area contributed by atoms with Gasteiger partial charge >= 0.3 is 0 Å². The molecule has 0 aromatic carbocycles. The van der Waals surface area contributed by atoms with Gasteiger partial charge in [0.25, 0.3) is 0 Å². The van der Waals surface area contributed by atoms with Crippen molar-refractivity contribution in [3.63, 3.8) is 0 Å². The molecule has 1 amide bonds. The lowest BCUT2D eigenvalue weighted by molar-refractivity contribution is -0.127. The Labute approximate surface area is 67.6 Å². The van der Waals surface area contributed by atoms with Crippen LogP contribution in [0.3, 0.4) is 0 Å². The van der Waals surface area contributed by atoms with E-state index < -0.39 is 0 Å². The normalized spacial score (nSPS) is 30.1. The molecule has 0 saturated carbocycles. The number of likely N-dealkylation sites (tertiary alicyclic amines) is 1. The molecular formula is C9H13NO. The van der Waals surface area contributed by atoms with Crippen molar-refractivity contribution in [3.05, 3.63) is 0 Å². The van der Waals surface area contributed by atoms with Crippen molar-refractivity contribution in [1.29, 1.82) is 0 Å². The number of hydrogen-bond acceptors (Lipinski definition) is 1. The highest BCUT2D eigenvalue weighted by atomic mass is 16.2. The van der Waals surface area contributed by atoms with Crippen molar-refractivity contribution in [1.82, 2.24) is 4.90 Å². The minimum absolute atomic E-state index is 0.134. The quantitative estimate of drug-likeness (QED) is 0.467. The molecule has 0 aromatic rings. The van der Waals surface area contributed by atoms with Crippen LogP contribution in [0.5, 0.6) is 0 Å². The van der Waals surface area contributed by atoms with Gasteiger partial charge in [0.1, 0.15) is 0 Å². The number of rotatable bonds is 0. The minimum atomic E-state index is 0.134. The Kier molecular flexibility index (Phi) is 2.19. The molecule has 1 fully saturated rings. The first-order chi connectivity index (χ1) is 5.15. The third-order valence-corrected chi connectivity index (χ3v) is 2.27. The molecule has 0 N–H and O–H groups in total. The topological polar surface area (TPSA) is 20.3 Å². The third-order valence-electron chi connectivity index (χ3n) is 2.27. The first-order valence-corrected chi connectivity index (χ1v) is 3.86. The molecule has 1 aliphatic heterocycles. The average Bonchev–Trinajstić information content (AvgIpc) is 2.31. The first kappa shape index (κ1) is 8.13. The van der Waals surface area contributed by atoms with Crippen LogP contribution in [0, 0.1) is 24.2 Å². The predicted octanol–water partition coefficient (Wildman–Crippen LogP) is 0.734. The van der Waals surface area contributed by atoms with Gasteiger partial charge < -0.3 is 4.90 Å². The lowest BCUT2D eigenvalue weighted by atomic mass is 10.00. The van der Waals surface area contributed by atoms with Crippen LogP contribution in [0.15, 0.2) is 0 Å². The van der Waals surface area contributed by atoms with E-state index >= 15 is 0 Å². The molecule has 2 atom stereocenters. The molecule has 0 aromatic heterocycles. The van der Waals surface area contributed by atoms with Gasteiger partial charge in [-0.2, -0.15) is 0 Å². The van der Waals surface area contributed by atoms with E-state index in [0.717, 1.165) is 13.1 Å². The zero-order chi connectivity index (χ0) is 8.43. The largest absolute Gasteiger partial charge is 0.341 e. The molecule has 0 aliphatic carbocycles. The zero-order valence-corrected chi connectivity index (χ0v) is 7.00. The Hall–Kier alpha value is -0.970. The van der Waals surface area contributed by atoms with Crippen LogP contribution in [0.4, 0.5) is 0 Å². The van der Waals surface area contributed by atoms with Gasteiger partial charge in [0, 0.05) is 25.9 Å². The fourth-order valence-corrected chi connectivity index (χ4v) is 1.44. The molecule has 2 nitrogen and oxygen atoms in total. The molecule has 0 spiro atoms. The second-order valence-electron chi connectivity index (χ2n) is 3.17. The number of carbonyl (C=O) groups is 1. The standard InChI is InChI=1S/C9H13NO/c1-4-9-6-10(8(3)11)5-7(9)2/h1,7,9H,5-6H2,2-3H3. The maximum absolute atomic E-state index is 10.9. The molecule has 0 bridgehead atoms. The Bertz CT molecular complexity index is 204. The highest BCUT2D eigenvalue weighted by Gasteiger charge is 2.29. The van der Waals surface area contributed by atoms with Crippen molar-refractivity contribution in [3.8, 4) is 12.3 Å².